The van der Waals surface area contributed by atoms with Crippen LogP contribution in [-0.4, -0.2) is 18.5 Å². The number of alkyl halides is 1. The van der Waals surface area contributed by atoms with Crippen LogP contribution in [0.1, 0.15) is 46.0 Å². The molecule has 84 valence electrons. The lowest BCUT2D eigenvalue weighted by Gasteiger charge is -2.15. The minimum absolute atomic E-state index is 0.454. The van der Waals surface area contributed by atoms with Crippen molar-refractivity contribution >= 4 is 11.6 Å². The van der Waals surface area contributed by atoms with Crippen molar-refractivity contribution < 1.29 is 0 Å². The Labute approximate surface area is 93.6 Å². The molecule has 2 unspecified atom stereocenters. The predicted molar refractivity (Wildman–Crippen MR) is 63.9 cm³/mol. The Morgan fingerprint density at radius 2 is 2.00 bits per heavy atom. The van der Waals surface area contributed by atoms with Crippen molar-refractivity contribution in [2.45, 2.75) is 51.3 Å². The van der Waals surface area contributed by atoms with Gasteiger partial charge >= 0.3 is 0 Å². The van der Waals surface area contributed by atoms with E-state index in [4.69, 9.17) is 11.6 Å². The van der Waals surface area contributed by atoms with Gasteiger partial charge in [0.2, 0.25) is 0 Å². The zero-order valence-corrected chi connectivity index (χ0v) is 10.3. The lowest BCUT2D eigenvalue weighted by Crippen LogP contribution is -2.27. The smallest absolute Gasteiger partial charge is 0.0339 e. The molecule has 0 aromatic heterocycles. The fourth-order valence-corrected chi connectivity index (χ4v) is 2.65. The molecule has 0 heterocycles. The highest BCUT2D eigenvalue weighted by Crippen LogP contribution is 2.28. The molecule has 0 bridgehead atoms. The Balaban J connectivity index is 2.03. The van der Waals surface area contributed by atoms with E-state index >= 15 is 0 Å². The molecule has 2 atom stereocenters. The lowest BCUT2D eigenvalue weighted by molar-refractivity contribution is 0.413. The van der Waals surface area contributed by atoms with Crippen molar-refractivity contribution in [2.75, 3.05) is 13.1 Å². The van der Waals surface area contributed by atoms with Crippen molar-refractivity contribution in [2.24, 2.45) is 11.8 Å². The van der Waals surface area contributed by atoms with Crippen molar-refractivity contribution in [1.82, 2.24) is 5.32 Å². The lowest BCUT2D eigenvalue weighted by atomic mass is 10.0. The number of hydrogen-bond donors (Lipinski definition) is 1. The fourth-order valence-electron chi connectivity index (χ4n) is 2.27. The molecule has 1 fully saturated rings. The largest absolute Gasteiger partial charge is 0.316 e. The monoisotopic (exact) mass is 217 g/mol. The Hall–Kier alpha value is 0.250. The zero-order valence-electron chi connectivity index (χ0n) is 9.56. The quantitative estimate of drug-likeness (QED) is 0.673. The van der Waals surface area contributed by atoms with Crippen LogP contribution in [0.5, 0.6) is 0 Å². The molecule has 1 saturated carbocycles. The van der Waals surface area contributed by atoms with Crippen molar-refractivity contribution in [3.63, 3.8) is 0 Å². The van der Waals surface area contributed by atoms with Crippen LogP contribution >= 0.6 is 11.6 Å². The summed E-state index contributed by atoms with van der Waals surface area (Å²) in [7, 11) is 0. The van der Waals surface area contributed by atoms with Gasteiger partial charge in [-0.3, -0.25) is 0 Å². The van der Waals surface area contributed by atoms with Crippen LogP contribution in [0.2, 0.25) is 0 Å². The summed E-state index contributed by atoms with van der Waals surface area (Å²) < 4.78 is 0. The van der Waals surface area contributed by atoms with Crippen LogP contribution in [0.3, 0.4) is 0 Å². The Bertz CT molecular complexity index is 145. The third-order valence-corrected chi connectivity index (χ3v) is 3.89. The van der Waals surface area contributed by atoms with E-state index in [1.165, 1.54) is 45.2 Å². The average Bonchev–Trinajstić information content (AvgIpc) is 2.59. The van der Waals surface area contributed by atoms with Gasteiger partial charge in [0, 0.05) is 5.38 Å². The van der Waals surface area contributed by atoms with Gasteiger partial charge < -0.3 is 5.32 Å². The zero-order chi connectivity index (χ0) is 10.4. The van der Waals surface area contributed by atoms with E-state index in [1.807, 2.05) is 0 Å². The standard InChI is InChI=1S/C12H24ClN/c1-3-10(4-2)8-14-9-11-5-6-12(13)7-11/h10-12,14H,3-9H2,1-2H3. The summed E-state index contributed by atoms with van der Waals surface area (Å²) in [5, 5.41) is 4.04. The number of rotatable bonds is 6. The molecule has 2 heteroatoms. The van der Waals surface area contributed by atoms with E-state index in [1.54, 1.807) is 0 Å². The molecule has 0 spiro atoms. The molecule has 0 radical (unpaired) electrons. The first kappa shape index (κ1) is 12.3. The summed E-state index contributed by atoms with van der Waals surface area (Å²) in [5.41, 5.74) is 0. The van der Waals surface area contributed by atoms with E-state index in [9.17, 15) is 0 Å². The summed E-state index contributed by atoms with van der Waals surface area (Å²) in [6, 6.07) is 0. The van der Waals surface area contributed by atoms with Gasteiger partial charge in [0.25, 0.3) is 0 Å². The maximum Gasteiger partial charge on any atom is 0.0339 e. The normalized spacial score (nSPS) is 27.4. The summed E-state index contributed by atoms with van der Waals surface area (Å²) in [6.45, 7) is 6.93. The number of halogens is 1. The molecule has 1 N–H and O–H groups in total. The second-order valence-corrected chi connectivity index (χ2v) is 5.23. The highest BCUT2D eigenvalue weighted by atomic mass is 35.5. The third-order valence-electron chi connectivity index (χ3n) is 3.50. The third kappa shape index (κ3) is 4.18. The molecule has 0 aromatic rings. The first-order valence-corrected chi connectivity index (χ1v) is 6.54. The van der Waals surface area contributed by atoms with Crippen LogP contribution in [0.15, 0.2) is 0 Å². The maximum atomic E-state index is 6.08. The first-order valence-electron chi connectivity index (χ1n) is 6.11. The molecule has 0 aromatic carbocycles. The van der Waals surface area contributed by atoms with Crippen molar-refractivity contribution in [3.05, 3.63) is 0 Å². The second-order valence-electron chi connectivity index (χ2n) is 4.62. The summed E-state index contributed by atoms with van der Waals surface area (Å²) in [6.07, 6.45) is 6.36. The van der Waals surface area contributed by atoms with Gasteiger partial charge in [0.15, 0.2) is 0 Å². The SMILES string of the molecule is CCC(CC)CNCC1CCC(Cl)C1. The molecule has 1 rings (SSSR count). The summed E-state index contributed by atoms with van der Waals surface area (Å²) in [4.78, 5) is 0. The Morgan fingerprint density at radius 3 is 2.50 bits per heavy atom. The van der Waals surface area contributed by atoms with Gasteiger partial charge in [0.1, 0.15) is 0 Å². The van der Waals surface area contributed by atoms with Crippen molar-refractivity contribution in [3.8, 4) is 0 Å². The average molecular weight is 218 g/mol. The van der Waals surface area contributed by atoms with E-state index in [-0.39, 0.29) is 0 Å². The molecule has 0 aliphatic heterocycles. The van der Waals surface area contributed by atoms with Gasteiger partial charge in [-0.2, -0.15) is 0 Å². The van der Waals surface area contributed by atoms with Gasteiger partial charge in [-0.05, 0) is 44.2 Å². The number of nitrogens with one attached hydrogen (secondary N) is 1. The van der Waals surface area contributed by atoms with Crippen molar-refractivity contribution in [1.29, 1.82) is 0 Å². The van der Waals surface area contributed by atoms with E-state index in [2.05, 4.69) is 19.2 Å². The molecular weight excluding hydrogens is 194 g/mol. The van der Waals surface area contributed by atoms with Crippen LogP contribution in [0.4, 0.5) is 0 Å². The Kier molecular flexibility index (Phi) is 5.88. The topological polar surface area (TPSA) is 12.0 Å². The van der Waals surface area contributed by atoms with Crippen LogP contribution in [0.25, 0.3) is 0 Å². The summed E-state index contributed by atoms with van der Waals surface area (Å²) in [5.74, 6) is 1.70. The van der Waals surface area contributed by atoms with Gasteiger partial charge in [-0.1, -0.05) is 26.7 Å². The van der Waals surface area contributed by atoms with Gasteiger partial charge in [-0.25, -0.2) is 0 Å². The molecule has 0 amide bonds. The second kappa shape index (κ2) is 6.68. The van der Waals surface area contributed by atoms with Gasteiger partial charge in [0.05, 0.1) is 0 Å². The predicted octanol–water partition coefficient (Wildman–Crippen LogP) is 3.42. The van der Waals surface area contributed by atoms with E-state index in [0.29, 0.717) is 5.38 Å². The molecular formula is C12H24ClN. The first-order chi connectivity index (χ1) is 6.76. The van der Waals surface area contributed by atoms with Gasteiger partial charge in [-0.15, -0.1) is 11.6 Å². The fraction of sp³-hybridized carbons (Fsp3) is 1.00. The molecule has 1 aliphatic rings. The number of hydrogen-bond acceptors (Lipinski definition) is 1. The van der Waals surface area contributed by atoms with Crippen LogP contribution in [0, 0.1) is 11.8 Å². The van der Waals surface area contributed by atoms with E-state index < -0.39 is 0 Å². The molecule has 1 nitrogen and oxygen atoms in total. The molecule has 14 heavy (non-hydrogen) atoms. The Morgan fingerprint density at radius 1 is 1.29 bits per heavy atom. The minimum Gasteiger partial charge on any atom is -0.316 e. The van der Waals surface area contributed by atoms with Crippen LogP contribution in [-0.2, 0) is 0 Å². The summed E-state index contributed by atoms with van der Waals surface area (Å²) >= 11 is 6.08. The van der Waals surface area contributed by atoms with Crippen LogP contribution < -0.4 is 5.32 Å². The maximum absolute atomic E-state index is 6.08. The van der Waals surface area contributed by atoms with E-state index in [0.717, 1.165) is 11.8 Å². The molecule has 0 saturated heterocycles. The molecule has 1 aliphatic carbocycles. The highest BCUT2D eigenvalue weighted by molar-refractivity contribution is 6.20. The highest BCUT2D eigenvalue weighted by Gasteiger charge is 2.22. The minimum atomic E-state index is 0.454.